The van der Waals surface area contributed by atoms with Crippen molar-refractivity contribution in [2.45, 2.75) is 32.9 Å². The maximum Gasteiger partial charge on any atom is 0.250 e. The molecule has 2 rings (SSSR count). The molecule has 3 nitrogen and oxygen atoms in total. The lowest BCUT2D eigenvalue weighted by Gasteiger charge is -2.17. The van der Waals surface area contributed by atoms with E-state index in [1.165, 1.54) is 6.07 Å². The van der Waals surface area contributed by atoms with Crippen molar-refractivity contribution in [2.24, 2.45) is 0 Å². The maximum absolute atomic E-state index is 13.2. The summed E-state index contributed by atoms with van der Waals surface area (Å²) in [6.07, 6.45) is 2.69. The molecular formula is C16H18ClFN2O. The Morgan fingerprint density at radius 2 is 2.10 bits per heavy atom. The van der Waals surface area contributed by atoms with Gasteiger partial charge in [0.05, 0.1) is 10.7 Å². The van der Waals surface area contributed by atoms with Gasteiger partial charge in [-0.15, -0.1) is 0 Å². The lowest BCUT2D eigenvalue weighted by atomic mass is 10.1. The number of nitrogens with one attached hydrogen (secondary N) is 1. The highest BCUT2D eigenvalue weighted by Gasteiger charge is 2.09. The third-order valence-electron chi connectivity index (χ3n) is 3.27. The third kappa shape index (κ3) is 3.85. The summed E-state index contributed by atoms with van der Waals surface area (Å²) in [7, 11) is 0. The van der Waals surface area contributed by atoms with Crippen molar-refractivity contribution in [1.29, 1.82) is 0 Å². The number of aromatic nitrogens is 1. The summed E-state index contributed by atoms with van der Waals surface area (Å²) in [5.41, 5.74) is 1.71. The van der Waals surface area contributed by atoms with Gasteiger partial charge in [0.15, 0.2) is 0 Å². The van der Waals surface area contributed by atoms with Gasteiger partial charge >= 0.3 is 0 Å². The topological polar surface area (TPSA) is 34.0 Å². The number of nitrogens with zero attached hydrogens (tertiary/aromatic N) is 1. The Labute approximate surface area is 128 Å². The van der Waals surface area contributed by atoms with Gasteiger partial charge in [0.2, 0.25) is 0 Å². The molecule has 0 fully saturated rings. The summed E-state index contributed by atoms with van der Waals surface area (Å²) in [6.45, 7) is 4.67. The third-order valence-corrected chi connectivity index (χ3v) is 3.56. The van der Waals surface area contributed by atoms with Crippen LogP contribution in [0.3, 0.4) is 0 Å². The van der Waals surface area contributed by atoms with Gasteiger partial charge < -0.3 is 9.88 Å². The molecule has 5 heteroatoms. The molecule has 0 saturated carbocycles. The molecular weight excluding hydrogens is 291 g/mol. The number of rotatable bonds is 5. The van der Waals surface area contributed by atoms with Crippen molar-refractivity contribution in [3.63, 3.8) is 0 Å². The summed E-state index contributed by atoms with van der Waals surface area (Å²) in [5, 5.41) is 3.40. The van der Waals surface area contributed by atoms with E-state index in [9.17, 15) is 9.18 Å². The van der Waals surface area contributed by atoms with Crippen LogP contribution >= 0.6 is 11.6 Å². The van der Waals surface area contributed by atoms with E-state index in [0.717, 1.165) is 17.7 Å². The van der Waals surface area contributed by atoms with Gasteiger partial charge in [0.1, 0.15) is 5.82 Å². The second-order valence-corrected chi connectivity index (χ2v) is 5.40. The van der Waals surface area contributed by atoms with Gasteiger partial charge in [-0.3, -0.25) is 4.79 Å². The molecule has 0 spiro atoms. The Hall–Kier alpha value is -1.81. The Morgan fingerprint density at radius 1 is 1.33 bits per heavy atom. The molecule has 1 heterocycles. The van der Waals surface area contributed by atoms with Gasteiger partial charge in [-0.25, -0.2) is 4.39 Å². The van der Waals surface area contributed by atoms with E-state index in [4.69, 9.17) is 11.6 Å². The fourth-order valence-corrected chi connectivity index (χ4v) is 2.34. The van der Waals surface area contributed by atoms with Crippen molar-refractivity contribution in [2.75, 3.05) is 5.32 Å². The van der Waals surface area contributed by atoms with Crippen LogP contribution in [-0.2, 0) is 6.54 Å². The number of aryl methyl sites for hydroxylation is 1. The number of anilines is 1. The van der Waals surface area contributed by atoms with Crippen LogP contribution in [0.4, 0.5) is 10.1 Å². The van der Waals surface area contributed by atoms with Crippen LogP contribution in [0.2, 0.25) is 5.02 Å². The summed E-state index contributed by atoms with van der Waals surface area (Å²) >= 11 is 5.80. The van der Waals surface area contributed by atoms with Crippen LogP contribution < -0.4 is 10.9 Å². The molecule has 0 saturated heterocycles. The van der Waals surface area contributed by atoms with Crippen LogP contribution in [0, 0.1) is 5.82 Å². The zero-order chi connectivity index (χ0) is 15.4. The van der Waals surface area contributed by atoms with E-state index in [1.807, 2.05) is 13.8 Å². The van der Waals surface area contributed by atoms with E-state index >= 15 is 0 Å². The molecule has 1 aromatic heterocycles. The molecule has 112 valence electrons. The van der Waals surface area contributed by atoms with Crippen LogP contribution in [0.1, 0.15) is 31.9 Å². The molecule has 0 amide bonds. The highest BCUT2D eigenvalue weighted by molar-refractivity contribution is 6.30. The van der Waals surface area contributed by atoms with Crippen LogP contribution in [0.15, 0.2) is 41.3 Å². The Balaban J connectivity index is 2.18. The van der Waals surface area contributed by atoms with Crippen molar-refractivity contribution in [3.05, 3.63) is 63.3 Å². The molecule has 0 aliphatic rings. The smallest absolute Gasteiger partial charge is 0.250 e. The monoisotopic (exact) mass is 308 g/mol. The quantitative estimate of drug-likeness (QED) is 0.897. The van der Waals surface area contributed by atoms with Crippen molar-refractivity contribution < 1.29 is 4.39 Å². The molecule has 1 unspecified atom stereocenters. The fourth-order valence-electron chi connectivity index (χ4n) is 2.15. The summed E-state index contributed by atoms with van der Waals surface area (Å²) in [5.74, 6) is -0.427. The number of hydrogen-bond acceptors (Lipinski definition) is 2. The number of halogens is 2. The Morgan fingerprint density at radius 3 is 2.76 bits per heavy atom. The predicted molar refractivity (Wildman–Crippen MR) is 84.4 cm³/mol. The van der Waals surface area contributed by atoms with Gasteiger partial charge in [0.25, 0.3) is 5.56 Å². The Kier molecular flexibility index (Phi) is 5.02. The van der Waals surface area contributed by atoms with Crippen molar-refractivity contribution in [1.82, 2.24) is 4.57 Å². The second kappa shape index (κ2) is 6.76. The van der Waals surface area contributed by atoms with Gasteiger partial charge in [-0.05, 0) is 37.1 Å². The summed E-state index contributed by atoms with van der Waals surface area (Å²) < 4.78 is 14.9. The minimum absolute atomic E-state index is 0.0140. The largest absolute Gasteiger partial charge is 0.377 e. The first kappa shape index (κ1) is 15.6. The van der Waals surface area contributed by atoms with Crippen LogP contribution in [0.5, 0.6) is 0 Å². The SMILES string of the molecule is CCCn1cc(NC(C)c2ccc(F)c(Cl)c2)ccc1=O. The van der Waals surface area contributed by atoms with Gasteiger partial charge in [-0.1, -0.05) is 24.6 Å². The van der Waals surface area contributed by atoms with E-state index in [2.05, 4.69) is 5.32 Å². The Bertz CT molecular complexity index is 684. The first-order chi connectivity index (χ1) is 10.0. The van der Waals surface area contributed by atoms with Crippen molar-refractivity contribution in [3.8, 4) is 0 Å². The molecule has 0 aliphatic carbocycles. The van der Waals surface area contributed by atoms with E-state index in [1.54, 1.807) is 35.0 Å². The van der Waals surface area contributed by atoms with Crippen LogP contribution in [0.25, 0.3) is 0 Å². The zero-order valence-electron chi connectivity index (χ0n) is 12.1. The average Bonchev–Trinajstić information content (AvgIpc) is 2.45. The first-order valence-corrected chi connectivity index (χ1v) is 7.31. The van der Waals surface area contributed by atoms with Crippen LogP contribution in [-0.4, -0.2) is 4.57 Å². The fraction of sp³-hybridized carbons (Fsp3) is 0.312. The number of benzene rings is 1. The lowest BCUT2D eigenvalue weighted by Crippen LogP contribution is -2.19. The van der Waals surface area contributed by atoms with Gasteiger partial charge in [-0.2, -0.15) is 0 Å². The summed E-state index contributed by atoms with van der Waals surface area (Å²) in [6, 6.07) is 7.90. The molecule has 1 N–H and O–H groups in total. The predicted octanol–water partition coefficient (Wildman–Crippen LogP) is 4.22. The highest BCUT2D eigenvalue weighted by Crippen LogP contribution is 2.23. The molecule has 1 atom stereocenters. The molecule has 0 aliphatic heterocycles. The van der Waals surface area contributed by atoms with E-state index < -0.39 is 5.82 Å². The second-order valence-electron chi connectivity index (χ2n) is 4.99. The molecule has 0 radical (unpaired) electrons. The first-order valence-electron chi connectivity index (χ1n) is 6.93. The van der Waals surface area contributed by atoms with Gasteiger partial charge in [0, 0.05) is 24.8 Å². The minimum Gasteiger partial charge on any atom is -0.377 e. The lowest BCUT2D eigenvalue weighted by molar-refractivity contribution is 0.626. The van der Waals surface area contributed by atoms with Crippen molar-refractivity contribution >= 4 is 17.3 Å². The maximum atomic E-state index is 13.2. The molecule has 1 aromatic carbocycles. The standard InChI is InChI=1S/C16H18ClFN2O/c1-3-8-20-10-13(5-7-16(20)21)19-11(2)12-4-6-15(18)14(17)9-12/h4-7,9-11,19H,3,8H2,1-2H3. The molecule has 2 aromatic rings. The highest BCUT2D eigenvalue weighted by atomic mass is 35.5. The number of hydrogen-bond donors (Lipinski definition) is 1. The van der Waals surface area contributed by atoms with E-state index in [-0.39, 0.29) is 16.6 Å². The number of pyridine rings is 1. The normalized spacial score (nSPS) is 12.2. The summed E-state index contributed by atoms with van der Waals surface area (Å²) in [4.78, 5) is 11.7. The zero-order valence-corrected chi connectivity index (χ0v) is 12.8. The minimum atomic E-state index is -0.427. The average molecular weight is 309 g/mol. The molecule has 0 bridgehead atoms. The molecule has 21 heavy (non-hydrogen) atoms. The van der Waals surface area contributed by atoms with E-state index in [0.29, 0.717) is 6.54 Å².